The highest BCUT2D eigenvalue weighted by Gasteiger charge is 2.29. The lowest BCUT2D eigenvalue weighted by atomic mass is 10.1. The fraction of sp³-hybridized carbons (Fsp3) is 0.389. The molecule has 2 saturated heterocycles. The maximum atomic E-state index is 12.6. The van der Waals surface area contributed by atoms with Crippen LogP contribution in [-0.2, 0) is 20.0 Å². The van der Waals surface area contributed by atoms with Gasteiger partial charge in [0.2, 0.25) is 20.0 Å². The van der Waals surface area contributed by atoms with Crippen molar-refractivity contribution in [3.05, 3.63) is 91.4 Å². The molecule has 24 heteroatoms. The number of aromatic nitrogens is 4. The second-order valence-electron chi connectivity index (χ2n) is 13.2. The van der Waals surface area contributed by atoms with Gasteiger partial charge in [0.15, 0.2) is 0 Å². The highest BCUT2D eigenvalue weighted by molar-refractivity contribution is 7.88. The molecule has 2 aromatic heterocycles. The van der Waals surface area contributed by atoms with E-state index in [9.17, 15) is 36.0 Å². The minimum Gasteiger partial charge on any atom is -0.348 e. The maximum Gasteiger partial charge on any atom is 0.271 e. The number of H-pyrrole nitrogens is 2. The molecular weight excluding hydrogens is 906 g/mol. The van der Waals surface area contributed by atoms with Crippen LogP contribution in [0, 0.1) is 0 Å². The van der Waals surface area contributed by atoms with Gasteiger partial charge in [-0.1, -0.05) is 73.4 Å². The van der Waals surface area contributed by atoms with Crippen molar-refractivity contribution in [2.24, 2.45) is 0 Å². The number of hydrogen-bond donors (Lipinski definition) is 6. The molecule has 2 aliphatic heterocycles. The van der Waals surface area contributed by atoms with E-state index in [0.29, 0.717) is 51.9 Å². The molecule has 328 valence electrons. The number of benzene rings is 2. The van der Waals surface area contributed by atoms with Crippen molar-refractivity contribution in [3.63, 3.8) is 0 Å². The molecule has 4 aromatic rings. The summed E-state index contributed by atoms with van der Waals surface area (Å²) in [6.45, 7) is 1.34. The number of nitrogens with zero attached hydrogens (tertiary/aromatic N) is 4. The van der Waals surface area contributed by atoms with Crippen molar-refractivity contribution in [3.8, 4) is 0 Å². The van der Waals surface area contributed by atoms with E-state index in [1.54, 1.807) is 12.1 Å². The highest BCUT2D eigenvalue weighted by Crippen LogP contribution is 2.27. The van der Waals surface area contributed by atoms with Gasteiger partial charge < -0.3 is 21.3 Å². The third-order valence-corrected chi connectivity index (χ3v) is 13.0. The van der Waals surface area contributed by atoms with E-state index >= 15 is 0 Å². The van der Waals surface area contributed by atoms with Gasteiger partial charge in [-0.05, 0) is 49.9 Å². The Bertz CT molecular complexity index is 2190. The van der Waals surface area contributed by atoms with E-state index in [-0.39, 0.29) is 80.9 Å². The SMILES string of the molecule is C.C.CS(=O)(=O)N1CCC(NC(=O)c2[nH]ncc2NC(=O)c2c(Cl)cccc2Cl)CC1.CS(=O)(=O)N1CCC(NC(=O)c2[nH]ncc2NC(=O)c2c(Cl)cccc2Cl)CC1. The molecular formula is C36H46Cl4N10O8S2. The molecule has 6 N–H and O–H groups in total. The number of rotatable bonds is 10. The normalized spacial score (nSPS) is 15.3. The van der Waals surface area contributed by atoms with Crippen LogP contribution in [0.1, 0.15) is 82.2 Å². The number of aromatic amines is 2. The van der Waals surface area contributed by atoms with Crippen molar-refractivity contribution >= 4 is 101 Å². The lowest BCUT2D eigenvalue weighted by molar-refractivity contribution is 0.0910. The predicted molar refractivity (Wildman–Crippen MR) is 233 cm³/mol. The fourth-order valence-electron chi connectivity index (χ4n) is 6.09. The summed E-state index contributed by atoms with van der Waals surface area (Å²) in [5.74, 6) is -2.06. The van der Waals surface area contributed by atoms with Crippen molar-refractivity contribution in [1.82, 2.24) is 39.6 Å². The van der Waals surface area contributed by atoms with Crippen LogP contribution in [0.25, 0.3) is 0 Å². The lowest BCUT2D eigenvalue weighted by Gasteiger charge is -2.30. The molecule has 2 aromatic carbocycles. The first-order valence-corrected chi connectivity index (χ1v) is 22.6. The second-order valence-corrected chi connectivity index (χ2v) is 18.8. The minimum atomic E-state index is -3.24. The second kappa shape index (κ2) is 21.5. The molecule has 2 aliphatic rings. The van der Waals surface area contributed by atoms with Crippen LogP contribution in [0.2, 0.25) is 20.1 Å². The van der Waals surface area contributed by atoms with Crippen LogP contribution < -0.4 is 21.3 Å². The average Bonchev–Trinajstić information content (AvgIpc) is 3.81. The molecule has 0 spiro atoms. The molecule has 0 bridgehead atoms. The lowest BCUT2D eigenvalue weighted by Crippen LogP contribution is -2.46. The zero-order chi connectivity index (χ0) is 42.4. The Morgan fingerprint density at radius 1 is 0.583 bits per heavy atom. The van der Waals surface area contributed by atoms with Crippen molar-refractivity contribution < 1.29 is 36.0 Å². The average molecular weight is 953 g/mol. The number of amides is 4. The van der Waals surface area contributed by atoms with E-state index in [4.69, 9.17) is 46.4 Å². The molecule has 0 unspecified atom stereocenters. The Hall–Kier alpha value is -4.28. The van der Waals surface area contributed by atoms with Crippen molar-refractivity contribution in [2.45, 2.75) is 52.6 Å². The fourth-order valence-corrected chi connectivity index (χ4v) is 8.97. The molecule has 0 atom stereocenters. The number of nitrogens with one attached hydrogen (secondary N) is 6. The van der Waals surface area contributed by atoms with Gasteiger partial charge in [-0.25, -0.2) is 25.4 Å². The first-order valence-electron chi connectivity index (χ1n) is 17.4. The Kier molecular flexibility index (Phi) is 17.9. The zero-order valence-corrected chi connectivity index (χ0v) is 35.5. The van der Waals surface area contributed by atoms with Gasteiger partial charge >= 0.3 is 0 Å². The Morgan fingerprint density at radius 2 is 0.883 bits per heavy atom. The van der Waals surface area contributed by atoms with Gasteiger partial charge in [0.1, 0.15) is 11.4 Å². The highest BCUT2D eigenvalue weighted by atomic mass is 35.5. The molecule has 2 fully saturated rings. The summed E-state index contributed by atoms with van der Waals surface area (Å²) in [7, 11) is -6.48. The van der Waals surface area contributed by atoms with Crippen LogP contribution in [0.3, 0.4) is 0 Å². The summed E-state index contributed by atoms with van der Waals surface area (Å²) in [6.07, 6.45) is 6.91. The third-order valence-electron chi connectivity index (χ3n) is 9.13. The quantitative estimate of drug-likeness (QED) is 0.116. The Balaban J connectivity index is 0.000000310. The van der Waals surface area contributed by atoms with Gasteiger partial charge in [0.25, 0.3) is 23.6 Å². The molecule has 4 heterocycles. The van der Waals surface area contributed by atoms with Crippen molar-refractivity contribution in [1.29, 1.82) is 0 Å². The van der Waals surface area contributed by atoms with Gasteiger partial charge in [0, 0.05) is 38.3 Å². The molecule has 18 nitrogen and oxygen atoms in total. The maximum absolute atomic E-state index is 12.6. The topological polar surface area (TPSA) is 249 Å². The number of piperidine rings is 2. The Morgan fingerprint density at radius 3 is 1.17 bits per heavy atom. The number of carbonyl (C=O) groups is 4. The number of carbonyl (C=O) groups excluding carboxylic acids is 4. The summed E-state index contributed by atoms with van der Waals surface area (Å²) in [4.78, 5) is 50.3. The summed E-state index contributed by atoms with van der Waals surface area (Å²) in [5.41, 5.74) is 0.696. The largest absolute Gasteiger partial charge is 0.348 e. The summed E-state index contributed by atoms with van der Waals surface area (Å²) in [5, 5.41) is 24.3. The monoisotopic (exact) mass is 950 g/mol. The molecule has 0 saturated carbocycles. The minimum absolute atomic E-state index is 0. The van der Waals surface area contributed by atoms with Crippen molar-refractivity contribution in [2.75, 3.05) is 49.3 Å². The Labute approximate surface area is 368 Å². The zero-order valence-electron chi connectivity index (χ0n) is 30.8. The van der Waals surface area contributed by atoms with E-state index < -0.39 is 43.7 Å². The summed E-state index contributed by atoms with van der Waals surface area (Å²) >= 11 is 24.2. The predicted octanol–water partition coefficient (Wildman–Crippen LogP) is 5.52. The third kappa shape index (κ3) is 12.9. The number of halogens is 4. The van der Waals surface area contributed by atoms with E-state index in [1.165, 1.54) is 45.3 Å². The van der Waals surface area contributed by atoms with E-state index in [0.717, 1.165) is 12.5 Å². The number of sulfonamides is 2. The summed E-state index contributed by atoms with van der Waals surface area (Å²) in [6, 6.07) is 9.00. The molecule has 0 radical (unpaired) electrons. The van der Waals surface area contributed by atoms with Crippen LogP contribution >= 0.6 is 46.4 Å². The molecule has 0 aliphatic carbocycles. The van der Waals surface area contributed by atoms with Crippen LogP contribution in [-0.4, -0.2) is 120 Å². The molecule has 6 rings (SSSR count). The van der Waals surface area contributed by atoms with E-state index in [2.05, 4.69) is 41.7 Å². The summed E-state index contributed by atoms with van der Waals surface area (Å²) < 4.78 is 49.1. The van der Waals surface area contributed by atoms with Crippen LogP contribution in [0.5, 0.6) is 0 Å². The number of hydrogen-bond acceptors (Lipinski definition) is 10. The van der Waals surface area contributed by atoms with Crippen LogP contribution in [0.15, 0.2) is 48.8 Å². The molecule has 4 amide bonds. The van der Waals surface area contributed by atoms with Gasteiger partial charge in [0.05, 0.1) is 67.5 Å². The van der Waals surface area contributed by atoms with E-state index in [1.807, 2.05) is 0 Å². The first kappa shape index (κ1) is 50.1. The van der Waals surface area contributed by atoms with Gasteiger partial charge in [-0.3, -0.25) is 29.4 Å². The number of anilines is 2. The first-order chi connectivity index (χ1) is 27.3. The van der Waals surface area contributed by atoms with Crippen LogP contribution in [0.4, 0.5) is 11.4 Å². The van der Waals surface area contributed by atoms with Gasteiger partial charge in [-0.2, -0.15) is 10.2 Å². The smallest absolute Gasteiger partial charge is 0.271 e. The standard InChI is InChI=1S/2C17H19Cl2N5O4S.2CH4/c2*1-29(27,28)24-7-5-10(6-8-24)21-17(26)15-13(9-20-23-15)22-16(25)14-11(18)3-2-4-12(14)19;;/h2*2-4,9-10H,5-8H2,1H3,(H,20,23)(H,21,26)(H,22,25);2*1H4. The van der Waals surface area contributed by atoms with Gasteiger partial charge in [-0.15, -0.1) is 0 Å². The molecule has 60 heavy (non-hydrogen) atoms.